The molecule has 1 rings (SSSR count). The predicted molar refractivity (Wildman–Crippen MR) is 65.0 cm³/mol. The molecule has 0 fully saturated rings. The fraction of sp³-hybridized carbons (Fsp3) is 0.222. The van der Waals surface area contributed by atoms with Crippen LogP contribution in [0.2, 0.25) is 0 Å². The molecule has 17 heavy (non-hydrogen) atoms. The largest absolute Gasteiger partial charge is 0.468 e. The summed E-state index contributed by atoms with van der Waals surface area (Å²) in [6.07, 6.45) is 0. The fourth-order valence-corrected chi connectivity index (χ4v) is 2.99. The number of esters is 1. The van der Waals surface area contributed by atoms with E-state index < -0.39 is 16.0 Å². The van der Waals surface area contributed by atoms with Gasteiger partial charge in [0.1, 0.15) is 0 Å². The number of ether oxygens (including phenoxy) is 1. The van der Waals surface area contributed by atoms with Crippen LogP contribution in [0.4, 0.5) is 5.69 Å². The fourth-order valence-electron chi connectivity index (χ4n) is 1.06. The third-order valence-corrected chi connectivity index (χ3v) is 3.97. The van der Waals surface area contributed by atoms with Crippen molar-refractivity contribution in [2.45, 2.75) is 9.79 Å². The Kier molecular flexibility index (Phi) is 4.38. The third kappa shape index (κ3) is 3.91. The Labute approximate surface area is 103 Å². The highest BCUT2D eigenvalue weighted by Gasteiger charge is 2.15. The van der Waals surface area contributed by atoms with Crippen LogP contribution in [0.1, 0.15) is 0 Å². The molecule has 1 aromatic rings. The molecule has 0 aliphatic heterocycles. The lowest BCUT2D eigenvalue weighted by Crippen LogP contribution is -2.14. The average Bonchev–Trinajstić information content (AvgIpc) is 2.25. The Balaban J connectivity index is 3.04. The molecule has 8 heteroatoms. The minimum atomic E-state index is -3.86. The van der Waals surface area contributed by atoms with Gasteiger partial charge in [0.05, 0.1) is 17.8 Å². The number of nitrogens with two attached hydrogens (primary N) is 2. The lowest BCUT2D eigenvalue weighted by Gasteiger charge is -2.07. The zero-order valence-electron chi connectivity index (χ0n) is 9.04. The molecule has 0 aliphatic carbocycles. The number of nitrogen functional groups attached to an aromatic ring is 1. The molecule has 0 amide bonds. The van der Waals surface area contributed by atoms with E-state index in [-0.39, 0.29) is 16.3 Å². The molecule has 0 aliphatic rings. The summed E-state index contributed by atoms with van der Waals surface area (Å²) in [6.45, 7) is 0. The normalized spacial score (nSPS) is 11.2. The predicted octanol–water partition coefficient (Wildman–Crippen LogP) is 0.181. The van der Waals surface area contributed by atoms with E-state index in [1.165, 1.54) is 25.3 Å². The molecule has 4 N–H and O–H groups in total. The summed E-state index contributed by atoms with van der Waals surface area (Å²) in [6, 6.07) is 4.30. The molecule has 0 atom stereocenters. The second kappa shape index (κ2) is 5.39. The molecule has 0 heterocycles. The number of benzene rings is 1. The maximum Gasteiger partial charge on any atom is 0.315 e. The standard InChI is InChI=1S/C9H12N2O4S2/c1-15-9(12)5-16-7-3-2-6(10)4-8(7)17(11,13)14/h2-4H,5,10H2,1H3,(H2,11,13,14). The summed E-state index contributed by atoms with van der Waals surface area (Å²) in [5, 5.41) is 5.05. The van der Waals surface area contributed by atoms with Gasteiger partial charge in [-0.3, -0.25) is 4.79 Å². The van der Waals surface area contributed by atoms with Gasteiger partial charge in [0, 0.05) is 10.6 Å². The maximum atomic E-state index is 11.3. The smallest absolute Gasteiger partial charge is 0.315 e. The molecule has 0 saturated carbocycles. The lowest BCUT2D eigenvalue weighted by molar-refractivity contribution is -0.137. The number of methoxy groups -OCH3 is 1. The van der Waals surface area contributed by atoms with Gasteiger partial charge in [-0.2, -0.15) is 0 Å². The van der Waals surface area contributed by atoms with Crippen molar-refractivity contribution in [2.24, 2.45) is 5.14 Å². The van der Waals surface area contributed by atoms with Gasteiger partial charge >= 0.3 is 5.97 Å². The van der Waals surface area contributed by atoms with E-state index in [0.29, 0.717) is 4.90 Å². The van der Waals surface area contributed by atoms with Gasteiger partial charge in [-0.15, -0.1) is 11.8 Å². The van der Waals surface area contributed by atoms with Crippen LogP contribution < -0.4 is 10.9 Å². The Morgan fingerprint density at radius 3 is 2.65 bits per heavy atom. The third-order valence-electron chi connectivity index (χ3n) is 1.85. The number of sulfonamides is 1. The van der Waals surface area contributed by atoms with E-state index >= 15 is 0 Å². The Hall–Kier alpha value is -1.25. The maximum absolute atomic E-state index is 11.3. The van der Waals surface area contributed by atoms with Gasteiger partial charge in [0.2, 0.25) is 10.0 Å². The molecule has 1 aromatic carbocycles. The van der Waals surface area contributed by atoms with Crippen molar-refractivity contribution in [3.8, 4) is 0 Å². The van der Waals surface area contributed by atoms with Gasteiger partial charge in [-0.05, 0) is 18.2 Å². The molecular weight excluding hydrogens is 264 g/mol. The molecule has 6 nitrogen and oxygen atoms in total. The van der Waals surface area contributed by atoms with E-state index in [0.717, 1.165) is 11.8 Å². The van der Waals surface area contributed by atoms with Crippen molar-refractivity contribution in [1.29, 1.82) is 0 Å². The Morgan fingerprint density at radius 1 is 1.47 bits per heavy atom. The number of hydrogen-bond donors (Lipinski definition) is 2. The van der Waals surface area contributed by atoms with Gasteiger partial charge in [0.25, 0.3) is 0 Å². The van der Waals surface area contributed by atoms with E-state index in [9.17, 15) is 13.2 Å². The molecule has 0 spiro atoms. The highest BCUT2D eigenvalue weighted by Crippen LogP contribution is 2.27. The van der Waals surface area contributed by atoms with Crippen LogP contribution in [0.3, 0.4) is 0 Å². The van der Waals surface area contributed by atoms with Crippen LogP contribution in [-0.4, -0.2) is 27.2 Å². The minimum absolute atomic E-state index is 0.00291. The molecule has 0 aromatic heterocycles. The number of thioether (sulfide) groups is 1. The lowest BCUT2D eigenvalue weighted by atomic mass is 10.3. The number of carbonyl (C=O) groups excluding carboxylic acids is 1. The number of carbonyl (C=O) groups is 1. The first-order valence-electron chi connectivity index (χ1n) is 4.46. The number of rotatable bonds is 4. The van der Waals surface area contributed by atoms with Gasteiger partial charge in [-0.25, -0.2) is 13.6 Å². The molecule has 0 saturated heterocycles. The zero-order valence-corrected chi connectivity index (χ0v) is 10.7. The quantitative estimate of drug-likeness (QED) is 0.461. The first-order chi connectivity index (χ1) is 7.84. The Morgan fingerprint density at radius 2 is 2.12 bits per heavy atom. The van der Waals surface area contributed by atoms with Crippen molar-refractivity contribution in [1.82, 2.24) is 0 Å². The van der Waals surface area contributed by atoms with Gasteiger partial charge in [-0.1, -0.05) is 0 Å². The van der Waals surface area contributed by atoms with Crippen molar-refractivity contribution in [3.63, 3.8) is 0 Å². The van der Waals surface area contributed by atoms with Gasteiger partial charge in [0.15, 0.2) is 0 Å². The second-order valence-electron chi connectivity index (χ2n) is 3.12. The van der Waals surface area contributed by atoms with E-state index in [4.69, 9.17) is 10.9 Å². The van der Waals surface area contributed by atoms with Crippen LogP contribution in [0.5, 0.6) is 0 Å². The highest BCUT2D eigenvalue weighted by molar-refractivity contribution is 8.00. The molecule has 0 unspecified atom stereocenters. The molecule has 94 valence electrons. The zero-order chi connectivity index (χ0) is 13.1. The van der Waals surface area contributed by atoms with Crippen LogP contribution in [-0.2, 0) is 19.6 Å². The first-order valence-corrected chi connectivity index (χ1v) is 6.99. The molecule has 0 radical (unpaired) electrons. The van der Waals surface area contributed by atoms with E-state index in [2.05, 4.69) is 4.74 Å². The van der Waals surface area contributed by atoms with Crippen molar-refractivity contribution in [2.75, 3.05) is 18.6 Å². The summed E-state index contributed by atoms with van der Waals surface area (Å²) in [5.41, 5.74) is 5.77. The summed E-state index contributed by atoms with van der Waals surface area (Å²) in [4.78, 5) is 11.2. The summed E-state index contributed by atoms with van der Waals surface area (Å²) in [5.74, 6) is -0.449. The van der Waals surface area contributed by atoms with Crippen molar-refractivity contribution in [3.05, 3.63) is 18.2 Å². The minimum Gasteiger partial charge on any atom is -0.468 e. The number of primary sulfonamides is 1. The molecular formula is C9H12N2O4S2. The average molecular weight is 276 g/mol. The van der Waals surface area contributed by atoms with Crippen LogP contribution in [0.15, 0.2) is 28.0 Å². The Bertz CT molecular complexity index is 528. The summed E-state index contributed by atoms with van der Waals surface area (Å²) in [7, 11) is -2.61. The topological polar surface area (TPSA) is 112 Å². The summed E-state index contributed by atoms with van der Waals surface area (Å²) < 4.78 is 27.1. The van der Waals surface area contributed by atoms with Crippen LogP contribution in [0, 0.1) is 0 Å². The van der Waals surface area contributed by atoms with Crippen molar-refractivity contribution < 1.29 is 17.9 Å². The first kappa shape index (κ1) is 13.8. The SMILES string of the molecule is COC(=O)CSc1ccc(N)cc1S(N)(=O)=O. The second-order valence-corrected chi connectivity index (χ2v) is 5.66. The monoisotopic (exact) mass is 276 g/mol. The van der Waals surface area contributed by atoms with E-state index in [1.807, 2.05) is 0 Å². The van der Waals surface area contributed by atoms with Crippen LogP contribution >= 0.6 is 11.8 Å². The molecule has 0 bridgehead atoms. The highest BCUT2D eigenvalue weighted by atomic mass is 32.2. The summed E-state index contributed by atoms with van der Waals surface area (Å²) >= 11 is 1.03. The number of hydrogen-bond acceptors (Lipinski definition) is 6. The van der Waals surface area contributed by atoms with Crippen LogP contribution in [0.25, 0.3) is 0 Å². The van der Waals surface area contributed by atoms with Gasteiger partial charge < -0.3 is 10.5 Å². The van der Waals surface area contributed by atoms with E-state index in [1.54, 1.807) is 0 Å². The van der Waals surface area contributed by atoms with Crippen molar-refractivity contribution >= 4 is 33.4 Å². The number of anilines is 1.